The maximum atomic E-state index is 12.8. The van der Waals surface area contributed by atoms with Crippen LogP contribution in [-0.2, 0) is 25.5 Å². The highest BCUT2D eigenvalue weighted by atomic mass is 32.2. The van der Waals surface area contributed by atoms with E-state index >= 15 is 0 Å². The topological polar surface area (TPSA) is 89.7 Å². The molecule has 1 saturated heterocycles. The summed E-state index contributed by atoms with van der Waals surface area (Å²) in [6.07, 6.45) is -4.26. The van der Waals surface area contributed by atoms with Crippen LogP contribution in [-0.4, -0.2) is 44.9 Å². The number of hydrogen-bond acceptors (Lipinski definition) is 5. The second-order valence-electron chi connectivity index (χ2n) is 4.73. The molecule has 122 valence electrons. The molecule has 0 aliphatic carbocycles. The zero-order chi connectivity index (χ0) is 16.5. The number of rotatable bonds is 3. The molecule has 22 heavy (non-hydrogen) atoms. The molecule has 1 heterocycles. The minimum absolute atomic E-state index is 0.0168. The predicted molar refractivity (Wildman–Crippen MR) is 70.4 cm³/mol. The summed E-state index contributed by atoms with van der Waals surface area (Å²) < 4.78 is 68.1. The first-order chi connectivity index (χ1) is 10.1. The predicted octanol–water partition coefficient (Wildman–Crippen LogP) is 0.876. The summed E-state index contributed by atoms with van der Waals surface area (Å²) in [5.41, 5.74) is 2.46. The molecule has 2 N–H and O–H groups in total. The van der Waals surface area contributed by atoms with Crippen molar-refractivity contribution in [1.29, 1.82) is 0 Å². The molecule has 1 unspecified atom stereocenters. The Morgan fingerprint density at radius 2 is 2.00 bits per heavy atom. The summed E-state index contributed by atoms with van der Waals surface area (Å²) in [4.78, 5) is 11.3. The van der Waals surface area contributed by atoms with Crippen LogP contribution in [0.2, 0.25) is 0 Å². The normalized spacial score (nSPS) is 20.0. The highest BCUT2D eigenvalue weighted by Crippen LogP contribution is 2.33. The quantitative estimate of drug-likeness (QED) is 0.653. The van der Waals surface area contributed by atoms with Crippen molar-refractivity contribution in [2.75, 3.05) is 25.4 Å². The monoisotopic (exact) mass is 338 g/mol. The van der Waals surface area contributed by atoms with Crippen LogP contribution >= 0.6 is 0 Å². The average molecular weight is 338 g/mol. The van der Waals surface area contributed by atoms with Gasteiger partial charge in [0.05, 0.1) is 23.6 Å². The molecule has 1 fully saturated rings. The van der Waals surface area contributed by atoms with Crippen LogP contribution < -0.4 is 5.73 Å². The van der Waals surface area contributed by atoms with Crippen LogP contribution in [0.4, 0.5) is 18.9 Å². The van der Waals surface area contributed by atoms with E-state index in [4.69, 9.17) is 10.5 Å². The highest BCUT2D eigenvalue weighted by molar-refractivity contribution is 7.92. The van der Waals surface area contributed by atoms with E-state index in [2.05, 4.69) is 0 Å². The molecule has 0 spiro atoms. The molecule has 1 aliphatic heterocycles. The van der Waals surface area contributed by atoms with Crippen LogP contribution in [0.3, 0.4) is 0 Å². The number of carbonyl (C=O) groups is 1. The highest BCUT2D eigenvalue weighted by Gasteiger charge is 2.36. The van der Waals surface area contributed by atoms with Gasteiger partial charge in [0.2, 0.25) is 16.2 Å². The lowest BCUT2D eigenvalue weighted by molar-refractivity contribution is -0.137. The number of alkyl halides is 3. The van der Waals surface area contributed by atoms with Crippen LogP contribution in [0, 0.1) is 0 Å². The van der Waals surface area contributed by atoms with Crippen LogP contribution in [0.1, 0.15) is 5.56 Å². The number of hydrogen-bond donors (Lipinski definition) is 1. The van der Waals surface area contributed by atoms with Gasteiger partial charge < -0.3 is 15.4 Å². The molecule has 0 aromatic heterocycles. The summed E-state index contributed by atoms with van der Waals surface area (Å²) in [6, 6.07) is 2.10. The van der Waals surface area contributed by atoms with Crippen molar-refractivity contribution in [3.05, 3.63) is 23.8 Å². The maximum Gasteiger partial charge on any atom is 0.416 e. The molecule has 6 nitrogen and oxygen atoms in total. The summed E-state index contributed by atoms with van der Waals surface area (Å²) in [6.45, 7) is -0.0423. The molecule has 0 saturated carbocycles. The first kappa shape index (κ1) is 16.6. The molecule has 2 rings (SSSR count). The molecule has 1 atom stereocenters. The fraction of sp³-hybridized carbons (Fsp3) is 0.417. The molecule has 10 heteroatoms. The second kappa shape index (κ2) is 5.76. The Kier molecular flexibility index (Phi) is 4.34. The Balaban J connectivity index is 2.41. The number of nitrogens with two attached hydrogens (primary N) is 1. The van der Waals surface area contributed by atoms with Gasteiger partial charge in [-0.25, -0.2) is 8.42 Å². The van der Waals surface area contributed by atoms with Gasteiger partial charge in [0, 0.05) is 12.2 Å². The summed E-state index contributed by atoms with van der Waals surface area (Å²) >= 11 is 0. The van der Waals surface area contributed by atoms with Crippen LogP contribution in [0.25, 0.3) is 0 Å². The first-order valence-corrected chi connectivity index (χ1v) is 7.72. The summed E-state index contributed by atoms with van der Waals surface area (Å²) in [7, 11) is -4.21. The number of nitrogens with zero attached hydrogens (tertiary/aromatic N) is 1. The zero-order valence-electron chi connectivity index (χ0n) is 11.2. The molecule has 1 aromatic carbocycles. The number of anilines is 1. The smallest absolute Gasteiger partial charge is 0.399 e. The van der Waals surface area contributed by atoms with E-state index in [0.29, 0.717) is 18.5 Å². The van der Waals surface area contributed by atoms with Gasteiger partial charge in [-0.2, -0.15) is 13.2 Å². The largest absolute Gasteiger partial charge is 0.416 e. The SMILES string of the molecule is Nc1cc(C(F)(F)F)cc(S(=O)(=O)C2CN(C=O)CCO2)c1. The molecular formula is C12H13F3N2O4S. The Morgan fingerprint density at radius 3 is 2.59 bits per heavy atom. The van der Waals surface area contributed by atoms with E-state index < -0.39 is 31.9 Å². The number of morpholine rings is 1. The summed E-state index contributed by atoms with van der Waals surface area (Å²) in [5.74, 6) is 0. The number of amides is 1. The van der Waals surface area contributed by atoms with E-state index in [1.54, 1.807) is 0 Å². The lowest BCUT2D eigenvalue weighted by Gasteiger charge is -2.30. The summed E-state index contributed by atoms with van der Waals surface area (Å²) in [5, 5.41) is 0. The van der Waals surface area contributed by atoms with Gasteiger partial charge in [-0.1, -0.05) is 0 Å². The lowest BCUT2D eigenvalue weighted by atomic mass is 10.2. The standard InChI is InChI=1S/C12H13F3N2O4S/c13-12(14,15)8-3-9(16)5-10(4-8)22(19,20)11-6-17(7-18)1-2-21-11/h3-5,7,11H,1-2,6,16H2. The maximum absolute atomic E-state index is 12.8. The van der Waals surface area contributed by atoms with E-state index in [-0.39, 0.29) is 25.4 Å². The van der Waals surface area contributed by atoms with Gasteiger partial charge in [-0.15, -0.1) is 0 Å². The fourth-order valence-corrected chi connectivity index (χ4v) is 3.58. The van der Waals surface area contributed by atoms with Gasteiger partial charge in [-0.05, 0) is 18.2 Å². The number of sulfone groups is 1. The Bertz CT molecular complexity index is 675. The molecular weight excluding hydrogens is 325 g/mol. The Hall–Kier alpha value is -1.81. The Morgan fingerprint density at radius 1 is 1.32 bits per heavy atom. The molecule has 0 bridgehead atoms. The fourth-order valence-electron chi connectivity index (χ4n) is 2.02. The molecule has 1 aliphatic rings. The van der Waals surface area contributed by atoms with E-state index in [0.717, 1.165) is 6.07 Å². The van der Waals surface area contributed by atoms with Crippen molar-refractivity contribution in [3.63, 3.8) is 0 Å². The minimum Gasteiger partial charge on any atom is -0.399 e. The minimum atomic E-state index is -4.72. The third kappa shape index (κ3) is 3.33. The first-order valence-electron chi connectivity index (χ1n) is 6.17. The Labute approximate surface area is 124 Å². The second-order valence-corrected chi connectivity index (χ2v) is 6.82. The number of nitrogen functional groups attached to an aromatic ring is 1. The zero-order valence-corrected chi connectivity index (χ0v) is 12.0. The van der Waals surface area contributed by atoms with Gasteiger partial charge in [-0.3, -0.25) is 4.79 Å². The number of halogens is 3. The van der Waals surface area contributed by atoms with Gasteiger partial charge in [0.25, 0.3) is 0 Å². The van der Waals surface area contributed by atoms with Crippen molar-refractivity contribution in [3.8, 4) is 0 Å². The van der Waals surface area contributed by atoms with Crippen molar-refractivity contribution >= 4 is 21.9 Å². The van der Waals surface area contributed by atoms with E-state index in [1.165, 1.54) is 4.90 Å². The van der Waals surface area contributed by atoms with Crippen molar-refractivity contribution in [2.24, 2.45) is 0 Å². The lowest BCUT2D eigenvalue weighted by Crippen LogP contribution is -2.45. The number of ether oxygens (including phenoxy) is 1. The van der Waals surface area contributed by atoms with Crippen molar-refractivity contribution in [2.45, 2.75) is 16.5 Å². The molecule has 1 amide bonds. The average Bonchev–Trinajstić information content (AvgIpc) is 2.45. The van der Waals surface area contributed by atoms with Crippen molar-refractivity contribution in [1.82, 2.24) is 4.90 Å². The molecule has 0 radical (unpaired) electrons. The van der Waals surface area contributed by atoms with Crippen molar-refractivity contribution < 1.29 is 31.1 Å². The van der Waals surface area contributed by atoms with Gasteiger partial charge in [0.1, 0.15) is 0 Å². The third-order valence-electron chi connectivity index (χ3n) is 3.15. The van der Waals surface area contributed by atoms with Gasteiger partial charge >= 0.3 is 6.18 Å². The van der Waals surface area contributed by atoms with Crippen LogP contribution in [0.5, 0.6) is 0 Å². The number of benzene rings is 1. The third-order valence-corrected chi connectivity index (χ3v) is 5.02. The number of carbonyl (C=O) groups excluding carboxylic acids is 1. The molecule has 1 aromatic rings. The van der Waals surface area contributed by atoms with Crippen LogP contribution in [0.15, 0.2) is 23.1 Å². The van der Waals surface area contributed by atoms with E-state index in [1.807, 2.05) is 0 Å². The van der Waals surface area contributed by atoms with E-state index in [9.17, 15) is 26.4 Å². The van der Waals surface area contributed by atoms with Gasteiger partial charge in [0.15, 0.2) is 5.44 Å².